The van der Waals surface area contributed by atoms with E-state index in [1.807, 2.05) is 25.1 Å². The molecule has 0 unspecified atom stereocenters. The lowest BCUT2D eigenvalue weighted by atomic mass is 10.1. The summed E-state index contributed by atoms with van der Waals surface area (Å²) in [5.74, 6) is 0.149. The van der Waals surface area contributed by atoms with Crippen LogP contribution in [0.4, 0.5) is 8.78 Å². The average molecular weight is 235 g/mol. The summed E-state index contributed by atoms with van der Waals surface area (Å²) in [5.41, 5.74) is 2.60. The van der Waals surface area contributed by atoms with Gasteiger partial charge in [0.1, 0.15) is 5.75 Å². The van der Waals surface area contributed by atoms with Gasteiger partial charge in [-0.15, -0.1) is 0 Å². The van der Waals surface area contributed by atoms with Gasteiger partial charge in [0.25, 0.3) is 0 Å². The third kappa shape index (κ3) is 3.00. The summed E-state index contributed by atoms with van der Waals surface area (Å²) >= 11 is 0. The Morgan fingerprint density at radius 2 is 1.76 bits per heavy atom. The number of hydrogen-bond donors (Lipinski definition) is 0. The fourth-order valence-electron chi connectivity index (χ4n) is 1.51. The van der Waals surface area contributed by atoms with Crippen molar-refractivity contribution >= 4 is 0 Å². The van der Waals surface area contributed by atoms with Crippen LogP contribution in [0.1, 0.15) is 5.69 Å². The second-order valence-corrected chi connectivity index (χ2v) is 3.57. The molecule has 2 nitrogen and oxygen atoms in total. The van der Waals surface area contributed by atoms with Gasteiger partial charge >= 0.3 is 6.61 Å². The smallest absolute Gasteiger partial charge is 0.387 e. The molecule has 1 aromatic heterocycles. The van der Waals surface area contributed by atoms with Gasteiger partial charge in [0.05, 0.1) is 5.69 Å². The van der Waals surface area contributed by atoms with Gasteiger partial charge in [-0.05, 0) is 43.3 Å². The molecule has 0 atom stereocenters. The van der Waals surface area contributed by atoms with Crippen LogP contribution in [-0.4, -0.2) is 11.6 Å². The monoisotopic (exact) mass is 235 g/mol. The first-order valence-corrected chi connectivity index (χ1v) is 5.14. The number of alkyl halides is 2. The molecular formula is C13H11F2NO. The Bertz CT molecular complexity index is 497. The fraction of sp³-hybridized carbons (Fsp3) is 0.154. The Morgan fingerprint density at radius 3 is 2.35 bits per heavy atom. The Labute approximate surface area is 97.9 Å². The number of rotatable bonds is 3. The number of aryl methyl sites for hydroxylation is 1. The number of hydrogen-bond acceptors (Lipinski definition) is 2. The zero-order valence-electron chi connectivity index (χ0n) is 9.23. The van der Waals surface area contributed by atoms with E-state index in [1.54, 1.807) is 12.1 Å². The first-order chi connectivity index (χ1) is 8.15. The van der Waals surface area contributed by atoms with Crippen molar-refractivity contribution in [3.8, 4) is 17.0 Å². The highest BCUT2D eigenvalue weighted by Crippen LogP contribution is 2.21. The minimum atomic E-state index is -2.79. The van der Waals surface area contributed by atoms with E-state index < -0.39 is 6.61 Å². The number of pyridine rings is 1. The van der Waals surface area contributed by atoms with Crippen molar-refractivity contribution < 1.29 is 13.5 Å². The third-order valence-corrected chi connectivity index (χ3v) is 2.26. The quantitative estimate of drug-likeness (QED) is 0.810. The van der Waals surface area contributed by atoms with Gasteiger partial charge in [-0.1, -0.05) is 6.07 Å². The summed E-state index contributed by atoms with van der Waals surface area (Å²) < 4.78 is 28.2. The summed E-state index contributed by atoms with van der Waals surface area (Å²) in [7, 11) is 0. The Morgan fingerprint density at radius 1 is 1.06 bits per heavy atom. The SMILES string of the molecule is Cc1cccc(-c2ccc(OC(F)F)cc2)n1. The van der Waals surface area contributed by atoms with Crippen LogP contribution < -0.4 is 4.74 Å². The molecule has 2 aromatic rings. The second-order valence-electron chi connectivity index (χ2n) is 3.57. The summed E-state index contributed by atoms with van der Waals surface area (Å²) in [4.78, 5) is 4.35. The number of nitrogens with zero attached hydrogens (tertiary/aromatic N) is 1. The molecule has 2 rings (SSSR count). The maximum atomic E-state index is 12.0. The summed E-state index contributed by atoms with van der Waals surface area (Å²) in [6, 6.07) is 12.1. The number of benzene rings is 1. The van der Waals surface area contributed by atoms with E-state index in [0.29, 0.717) is 0 Å². The maximum Gasteiger partial charge on any atom is 0.387 e. The highest BCUT2D eigenvalue weighted by molar-refractivity contribution is 5.60. The van der Waals surface area contributed by atoms with Crippen LogP contribution in [0.2, 0.25) is 0 Å². The van der Waals surface area contributed by atoms with Crippen LogP contribution >= 0.6 is 0 Å². The molecule has 0 saturated heterocycles. The standard InChI is InChI=1S/C13H11F2NO/c1-9-3-2-4-12(16-9)10-5-7-11(8-6-10)17-13(14)15/h2-8,13H,1H3. The van der Waals surface area contributed by atoms with Gasteiger partial charge in [0.2, 0.25) is 0 Å². The van der Waals surface area contributed by atoms with Crippen molar-refractivity contribution in [2.45, 2.75) is 13.5 Å². The zero-order valence-corrected chi connectivity index (χ0v) is 9.23. The first-order valence-electron chi connectivity index (χ1n) is 5.14. The van der Waals surface area contributed by atoms with E-state index in [-0.39, 0.29) is 5.75 Å². The highest BCUT2D eigenvalue weighted by atomic mass is 19.3. The van der Waals surface area contributed by atoms with Crippen LogP contribution in [0.15, 0.2) is 42.5 Å². The summed E-state index contributed by atoms with van der Waals surface area (Å²) in [6.45, 7) is -0.893. The molecule has 0 bridgehead atoms. The summed E-state index contributed by atoms with van der Waals surface area (Å²) in [6.07, 6.45) is 0. The molecule has 0 aliphatic carbocycles. The molecule has 0 radical (unpaired) electrons. The number of halogens is 2. The van der Waals surface area contributed by atoms with Crippen molar-refractivity contribution in [2.24, 2.45) is 0 Å². The van der Waals surface area contributed by atoms with Crippen LogP contribution in [0.25, 0.3) is 11.3 Å². The zero-order chi connectivity index (χ0) is 12.3. The van der Waals surface area contributed by atoms with E-state index in [2.05, 4.69) is 9.72 Å². The van der Waals surface area contributed by atoms with Crippen LogP contribution in [0.5, 0.6) is 5.75 Å². The number of ether oxygens (including phenoxy) is 1. The summed E-state index contributed by atoms with van der Waals surface area (Å²) in [5, 5.41) is 0. The lowest BCUT2D eigenvalue weighted by molar-refractivity contribution is -0.0498. The van der Waals surface area contributed by atoms with Gasteiger partial charge in [-0.2, -0.15) is 8.78 Å². The second kappa shape index (κ2) is 4.91. The molecule has 0 aliphatic rings. The number of aromatic nitrogens is 1. The van der Waals surface area contributed by atoms with E-state index in [9.17, 15) is 8.78 Å². The Hall–Kier alpha value is -1.97. The Kier molecular flexibility index (Phi) is 3.32. The lowest BCUT2D eigenvalue weighted by Crippen LogP contribution is -2.01. The molecule has 1 heterocycles. The predicted molar refractivity (Wildman–Crippen MR) is 61.0 cm³/mol. The highest BCUT2D eigenvalue weighted by Gasteiger charge is 2.04. The van der Waals surface area contributed by atoms with Gasteiger partial charge in [0, 0.05) is 11.3 Å². The molecule has 0 saturated carbocycles. The molecule has 17 heavy (non-hydrogen) atoms. The molecule has 0 amide bonds. The van der Waals surface area contributed by atoms with Crippen LogP contribution in [0.3, 0.4) is 0 Å². The molecule has 0 N–H and O–H groups in total. The van der Waals surface area contributed by atoms with Gasteiger partial charge in [-0.3, -0.25) is 4.98 Å². The van der Waals surface area contributed by atoms with Gasteiger partial charge in [0.15, 0.2) is 0 Å². The van der Waals surface area contributed by atoms with Crippen molar-refractivity contribution in [3.05, 3.63) is 48.2 Å². The minimum Gasteiger partial charge on any atom is -0.435 e. The third-order valence-electron chi connectivity index (χ3n) is 2.26. The molecule has 1 aromatic carbocycles. The van der Waals surface area contributed by atoms with Crippen molar-refractivity contribution in [1.29, 1.82) is 0 Å². The minimum absolute atomic E-state index is 0.149. The van der Waals surface area contributed by atoms with Crippen molar-refractivity contribution in [2.75, 3.05) is 0 Å². The molecule has 0 spiro atoms. The van der Waals surface area contributed by atoms with E-state index >= 15 is 0 Å². The lowest BCUT2D eigenvalue weighted by Gasteiger charge is -2.05. The molecular weight excluding hydrogens is 224 g/mol. The van der Waals surface area contributed by atoms with E-state index in [1.165, 1.54) is 12.1 Å². The Balaban J connectivity index is 2.23. The molecule has 0 fully saturated rings. The molecule has 4 heteroatoms. The predicted octanol–water partition coefficient (Wildman–Crippen LogP) is 3.66. The average Bonchev–Trinajstić information content (AvgIpc) is 2.29. The van der Waals surface area contributed by atoms with Crippen molar-refractivity contribution in [1.82, 2.24) is 4.98 Å². The topological polar surface area (TPSA) is 22.1 Å². The van der Waals surface area contributed by atoms with E-state index in [0.717, 1.165) is 17.0 Å². The van der Waals surface area contributed by atoms with Crippen molar-refractivity contribution in [3.63, 3.8) is 0 Å². The fourth-order valence-corrected chi connectivity index (χ4v) is 1.51. The first kappa shape index (κ1) is 11.5. The van der Waals surface area contributed by atoms with Crippen LogP contribution in [-0.2, 0) is 0 Å². The van der Waals surface area contributed by atoms with Crippen LogP contribution in [0, 0.1) is 6.92 Å². The maximum absolute atomic E-state index is 12.0. The van der Waals surface area contributed by atoms with Gasteiger partial charge in [-0.25, -0.2) is 0 Å². The molecule has 0 aliphatic heterocycles. The van der Waals surface area contributed by atoms with E-state index in [4.69, 9.17) is 0 Å². The molecule has 88 valence electrons. The normalized spacial score (nSPS) is 10.6. The van der Waals surface area contributed by atoms with Gasteiger partial charge < -0.3 is 4.74 Å². The largest absolute Gasteiger partial charge is 0.435 e.